The number of aryl methyl sites for hydroxylation is 1. The topological polar surface area (TPSA) is 78.4 Å². The van der Waals surface area contributed by atoms with Crippen molar-refractivity contribution in [3.63, 3.8) is 0 Å². The van der Waals surface area contributed by atoms with E-state index in [0.717, 1.165) is 12.1 Å². The van der Waals surface area contributed by atoms with Crippen molar-refractivity contribution in [2.24, 2.45) is 0 Å². The fraction of sp³-hybridized carbons (Fsp3) is 0.471. The molecule has 0 fully saturated rings. The normalized spacial score (nSPS) is 15.5. The van der Waals surface area contributed by atoms with E-state index in [1.54, 1.807) is 28.9 Å². The van der Waals surface area contributed by atoms with Crippen LogP contribution in [-0.2, 0) is 29.5 Å². The van der Waals surface area contributed by atoms with Crippen LogP contribution in [0.3, 0.4) is 0 Å². The van der Waals surface area contributed by atoms with Crippen molar-refractivity contribution < 1.29 is 8.42 Å². The third-order valence-corrected chi connectivity index (χ3v) is 6.37. The number of nitrogens with one attached hydrogen (secondary N) is 1. The van der Waals surface area contributed by atoms with E-state index in [-0.39, 0.29) is 17.0 Å². The summed E-state index contributed by atoms with van der Waals surface area (Å²) in [5, 5.41) is 3.09. The van der Waals surface area contributed by atoms with Gasteiger partial charge in [0, 0.05) is 18.7 Å². The second-order valence-electron chi connectivity index (χ2n) is 6.73. The zero-order chi connectivity index (χ0) is 18.2. The first-order valence-corrected chi connectivity index (χ1v) is 9.75. The quantitative estimate of drug-likeness (QED) is 0.851. The van der Waals surface area contributed by atoms with Crippen LogP contribution in [0, 0.1) is 6.92 Å². The molecule has 1 aliphatic rings. The summed E-state index contributed by atoms with van der Waals surface area (Å²) in [5.74, 6) is 0. The van der Waals surface area contributed by atoms with Crippen LogP contribution in [0.5, 0.6) is 0 Å². The first-order valence-electron chi connectivity index (χ1n) is 8.31. The zero-order valence-corrected chi connectivity index (χ0v) is 15.6. The van der Waals surface area contributed by atoms with Crippen LogP contribution < -0.4 is 5.56 Å². The van der Waals surface area contributed by atoms with Crippen LogP contribution in [0.25, 0.3) is 0 Å². The Kier molecular flexibility index (Phi) is 4.86. The number of nitrogens with zero attached hydrogens (tertiary/aromatic N) is 3. The molecule has 0 bridgehead atoms. The lowest BCUT2D eigenvalue weighted by Gasteiger charge is -2.25. The molecule has 0 amide bonds. The minimum absolute atomic E-state index is 0.0377. The SMILES string of the molecule is Cc1ccc(S(=O)(=O)N2CCc3c([nH]n(CCN(C)C)c3=O)C2)cc1. The lowest BCUT2D eigenvalue weighted by atomic mass is 10.1. The van der Waals surface area contributed by atoms with Gasteiger partial charge in [-0.05, 0) is 39.6 Å². The number of aromatic nitrogens is 2. The van der Waals surface area contributed by atoms with E-state index in [0.29, 0.717) is 30.8 Å². The lowest BCUT2D eigenvalue weighted by Crippen LogP contribution is -2.37. The Bertz CT molecular complexity index is 910. The fourth-order valence-corrected chi connectivity index (χ4v) is 4.38. The van der Waals surface area contributed by atoms with Gasteiger partial charge in [-0.2, -0.15) is 4.31 Å². The Labute approximate surface area is 147 Å². The monoisotopic (exact) mass is 364 g/mol. The summed E-state index contributed by atoms with van der Waals surface area (Å²) in [5.41, 5.74) is 2.38. The molecule has 3 rings (SSSR count). The van der Waals surface area contributed by atoms with Crippen LogP contribution in [0.2, 0.25) is 0 Å². The molecule has 0 saturated carbocycles. The van der Waals surface area contributed by atoms with Crippen molar-refractivity contribution in [2.45, 2.75) is 31.3 Å². The molecule has 0 atom stereocenters. The maximum absolute atomic E-state index is 12.8. The van der Waals surface area contributed by atoms with Crippen molar-refractivity contribution in [1.29, 1.82) is 0 Å². The molecule has 1 aromatic heterocycles. The Hall–Kier alpha value is -1.90. The molecule has 1 aliphatic heterocycles. The molecule has 25 heavy (non-hydrogen) atoms. The van der Waals surface area contributed by atoms with E-state index < -0.39 is 10.0 Å². The second kappa shape index (κ2) is 6.78. The van der Waals surface area contributed by atoms with Gasteiger partial charge in [0.05, 0.1) is 23.7 Å². The van der Waals surface area contributed by atoms with Crippen molar-refractivity contribution in [3.05, 3.63) is 51.4 Å². The smallest absolute Gasteiger partial charge is 0.270 e. The molecule has 2 heterocycles. The molecular weight excluding hydrogens is 340 g/mol. The van der Waals surface area contributed by atoms with Crippen LogP contribution in [0.1, 0.15) is 16.8 Å². The Morgan fingerprint density at radius 1 is 1.20 bits per heavy atom. The standard InChI is InChI=1S/C17H24N4O3S/c1-13-4-6-14(7-5-13)25(23,24)20-9-8-15-16(12-20)18-21(17(15)22)11-10-19(2)3/h4-7,18H,8-12H2,1-3H3. The summed E-state index contributed by atoms with van der Waals surface area (Å²) in [6, 6.07) is 6.85. The predicted octanol–water partition coefficient (Wildman–Crippen LogP) is 0.793. The highest BCUT2D eigenvalue weighted by Gasteiger charge is 2.31. The third-order valence-electron chi connectivity index (χ3n) is 4.51. The van der Waals surface area contributed by atoms with Crippen molar-refractivity contribution in [1.82, 2.24) is 19.0 Å². The third kappa shape index (κ3) is 3.56. The van der Waals surface area contributed by atoms with Gasteiger partial charge < -0.3 is 4.90 Å². The first kappa shape index (κ1) is 17.9. The molecule has 0 saturated heterocycles. The number of likely N-dealkylation sites (N-methyl/N-ethyl adjacent to an activating group) is 1. The van der Waals surface area contributed by atoms with Crippen molar-refractivity contribution in [2.75, 3.05) is 27.2 Å². The van der Waals surface area contributed by atoms with Gasteiger partial charge in [-0.1, -0.05) is 17.7 Å². The molecule has 1 N–H and O–H groups in total. The fourth-order valence-electron chi connectivity index (χ4n) is 2.98. The number of rotatable bonds is 5. The number of hydrogen-bond acceptors (Lipinski definition) is 4. The minimum Gasteiger partial charge on any atom is -0.308 e. The van der Waals surface area contributed by atoms with Gasteiger partial charge in [0.25, 0.3) is 5.56 Å². The number of aromatic amines is 1. The Morgan fingerprint density at radius 2 is 1.88 bits per heavy atom. The number of sulfonamides is 1. The number of hydrogen-bond donors (Lipinski definition) is 1. The molecule has 136 valence electrons. The molecule has 8 heteroatoms. The van der Waals surface area contributed by atoms with Crippen LogP contribution >= 0.6 is 0 Å². The van der Waals surface area contributed by atoms with E-state index in [2.05, 4.69) is 5.10 Å². The van der Waals surface area contributed by atoms with Crippen molar-refractivity contribution >= 4 is 10.0 Å². The van der Waals surface area contributed by atoms with E-state index >= 15 is 0 Å². The van der Waals surface area contributed by atoms with Crippen LogP contribution in [0.4, 0.5) is 0 Å². The van der Waals surface area contributed by atoms with Gasteiger partial charge in [-0.3, -0.25) is 14.6 Å². The molecule has 7 nitrogen and oxygen atoms in total. The number of fused-ring (bicyclic) bond motifs is 1. The average molecular weight is 364 g/mol. The summed E-state index contributed by atoms with van der Waals surface area (Å²) >= 11 is 0. The van der Waals surface area contributed by atoms with Gasteiger partial charge in [0.2, 0.25) is 10.0 Å². The molecular formula is C17H24N4O3S. The summed E-state index contributed by atoms with van der Waals surface area (Å²) in [4.78, 5) is 14.7. The van der Waals surface area contributed by atoms with Gasteiger partial charge >= 0.3 is 0 Å². The largest absolute Gasteiger partial charge is 0.308 e. The predicted molar refractivity (Wildman–Crippen MR) is 96.1 cm³/mol. The van der Waals surface area contributed by atoms with Crippen LogP contribution in [-0.4, -0.2) is 54.6 Å². The van der Waals surface area contributed by atoms with E-state index in [9.17, 15) is 13.2 Å². The number of benzene rings is 1. The summed E-state index contributed by atoms with van der Waals surface area (Å²) in [7, 11) is 0.339. The van der Waals surface area contributed by atoms with Gasteiger partial charge in [-0.15, -0.1) is 0 Å². The minimum atomic E-state index is -3.56. The highest BCUT2D eigenvalue weighted by Crippen LogP contribution is 2.22. The molecule has 0 radical (unpaired) electrons. The molecule has 0 aliphatic carbocycles. The van der Waals surface area contributed by atoms with E-state index in [1.807, 2.05) is 25.9 Å². The van der Waals surface area contributed by atoms with E-state index in [4.69, 9.17) is 0 Å². The zero-order valence-electron chi connectivity index (χ0n) is 14.8. The molecule has 1 aromatic carbocycles. The van der Waals surface area contributed by atoms with E-state index in [1.165, 1.54) is 4.31 Å². The summed E-state index contributed by atoms with van der Waals surface area (Å²) in [6.07, 6.45) is 0.435. The van der Waals surface area contributed by atoms with Gasteiger partial charge in [0.15, 0.2) is 0 Å². The Morgan fingerprint density at radius 3 is 2.52 bits per heavy atom. The highest BCUT2D eigenvalue weighted by atomic mass is 32.2. The van der Waals surface area contributed by atoms with Crippen LogP contribution in [0.15, 0.2) is 34.0 Å². The van der Waals surface area contributed by atoms with Gasteiger partial charge in [0.1, 0.15) is 0 Å². The molecule has 2 aromatic rings. The van der Waals surface area contributed by atoms with Gasteiger partial charge in [-0.25, -0.2) is 8.42 Å². The lowest BCUT2D eigenvalue weighted by molar-refractivity contribution is 0.366. The highest BCUT2D eigenvalue weighted by molar-refractivity contribution is 7.89. The first-order chi connectivity index (χ1) is 11.8. The number of H-pyrrole nitrogens is 1. The summed E-state index contributed by atoms with van der Waals surface area (Å²) in [6.45, 7) is 3.75. The average Bonchev–Trinajstić information content (AvgIpc) is 2.89. The molecule has 0 unspecified atom stereocenters. The summed E-state index contributed by atoms with van der Waals surface area (Å²) < 4.78 is 28.7. The maximum atomic E-state index is 12.8. The second-order valence-corrected chi connectivity index (χ2v) is 8.67. The maximum Gasteiger partial charge on any atom is 0.270 e. The molecule has 0 spiro atoms. The Balaban J connectivity index is 1.84. The van der Waals surface area contributed by atoms with Crippen molar-refractivity contribution in [3.8, 4) is 0 Å².